The molecular weight excluding hydrogens is 456 g/mol. The van der Waals surface area contributed by atoms with Gasteiger partial charge in [0.1, 0.15) is 12.6 Å². The van der Waals surface area contributed by atoms with E-state index in [-0.39, 0.29) is 30.7 Å². The molecule has 3 rings (SSSR count). The number of amides is 2. The third-order valence-electron chi connectivity index (χ3n) is 5.74. The summed E-state index contributed by atoms with van der Waals surface area (Å²) in [5, 5.41) is 16.1. The highest BCUT2D eigenvalue weighted by Gasteiger charge is 2.28. The number of carbonyl (C=O) groups is 3. The predicted molar refractivity (Wildman–Crippen MR) is 127 cm³/mol. The van der Waals surface area contributed by atoms with E-state index in [1.165, 1.54) is 19.2 Å². The van der Waals surface area contributed by atoms with Crippen molar-refractivity contribution < 1.29 is 28.8 Å². The minimum Gasteiger partial charge on any atom is -0.467 e. The minimum atomic E-state index is -1.10. The van der Waals surface area contributed by atoms with Crippen molar-refractivity contribution in [3.8, 4) is 0 Å². The summed E-state index contributed by atoms with van der Waals surface area (Å²) in [5.41, 5.74) is 1.55. The number of rotatable bonds is 9. The second kappa shape index (κ2) is 12.4. The number of ether oxygens (including phenoxy) is 2. The van der Waals surface area contributed by atoms with E-state index < -0.39 is 23.0 Å². The third kappa shape index (κ3) is 7.42. The number of piperidine rings is 1. The lowest BCUT2D eigenvalue weighted by atomic mass is 9.95. The molecule has 11 nitrogen and oxygen atoms in total. The summed E-state index contributed by atoms with van der Waals surface area (Å²) in [5.74, 6) is -1.23. The Morgan fingerprint density at radius 3 is 2.49 bits per heavy atom. The summed E-state index contributed by atoms with van der Waals surface area (Å²) in [6.07, 6.45) is 0.289. The molecule has 0 spiro atoms. The maximum atomic E-state index is 12.7. The molecule has 0 saturated carbocycles. The van der Waals surface area contributed by atoms with Crippen LogP contribution in [0.15, 0.2) is 54.6 Å². The van der Waals surface area contributed by atoms with Crippen LogP contribution in [0.2, 0.25) is 0 Å². The highest BCUT2D eigenvalue weighted by Crippen LogP contribution is 2.26. The number of non-ortho nitro benzene ring substituents is 1. The molecule has 2 amide bonds. The van der Waals surface area contributed by atoms with E-state index >= 15 is 0 Å². The van der Waals surface area contributed by atoms with Crippen molar-refractivity contribution in [2.75, 3.05) is 31.6 Å². The van der Waals surface area contributed by atoms with E-state index in [0.29, 0.717) is 25.9 Å². The summed E-state index contributed by atoms with van der Waals surface area (Å²) in [7, 11) is 1.19. The van der Waals surface area contributed by atoms with Gasteiger partial charge in [0.2, 0.25) is 5.91 Å². The van der Waals surface area contributed by atoms with Crippen LogP contribution in [0.4, 0.5) is 16.2 Å². The Hall–Kier alpha value is -4.15. The molecule has 1 atom stereocenters. The topological polar surface area (TPSA) is 140 Å². The average Bonchev–Trinajstić information content (AvgIpc) is 2.90. The van der Waals surface area contributed by atoms with Crippen molar-refractivity contribution in [1.29, 1.82) is 0 Å². The number of nitro benzene ring substituents is 1. The van der Waals surface area contributed by atoms with Crippen LogP contribution in [-0.4, -0.2) is 55.7 Å². The van der Waals surface area contributed by atoms with Gasteiger partial charge >= 0.3 is 12.1 Å². The van der Waals surface area contributed by atoms with Crippen molar-refractivity contribution in [3.63, 3.8) is 0 Å². The molecule has 0 bridgehead atoms. The van der Waals surface area contributed by atoms with Gasteiger partial charge in [-0.3, -0.25) is 14.9 Å². The van der Waals surface area contributed by atoms with Gasteiger partial charge in [-0.25, -0.2) is 9.59 Å². The molecule has 2 aromatic rings. The molecule has 0 radical (unpaired) electrons. The highest BCUT2D eigenvalue weighted by molar-refractivity contribution is 5.83. The first-order valence-corrected chi connectivity index (χ1v) is 11.2. The number of esters is 1. The molecule has 0 aromatic heterocycles. The smallest absolute Gasteiger partial charge is 0.408 e. The van der Waals surface area contributed by atoms with Gasteiger partial charge in [0.05, 0.1) is 12.0 Å². The monoisotopic (exact) mass is 484 g/mol. The summed E-state index contributed by atoms with van der Waals surface area (Å²) in [6, 6.07) is 14.4. The lowest BCUT2D eigenvalue weighted by molar-refractivity contribution is -0.384. The summed E-state index contributed by atoms with van der Waals surface area (Å²) >= 11 is 0. The van der Waals surface area contributed by atoms with Crippen molar-refractivity contribution >= 4 is 29.3 Å². The fourth-order valence-corrected chi connectivity index (χ4v) is 3.79. The first-order chi connectivity index (χ1) is 16.9. The standard InChI is InChI=1S/C24H28N4O7/c1-34-23(30)21(26-24(31)35-16-17-6-3-2-4-7-17)15-25-22(29)18-10-12-27(13-11-18)19-8-5-9-20(14-19)28(32)33/h2-9,14,18,21H,10-13,15-16H2,1H3,(H,25,29)(H,26,31)/t21-/m0/s1. The van der Waals surface area contributed by atoms with Crippen molar-refractivity contribution in [1.82, 2.24) is 10.6 Å². The van der Waals surface area contributed by atoms with Crippen LogP contribution in [0, 0.1) is 16.0 Å². The van der Waals surface area contributed by atoms with E-state index in [0.717, 1.165) is 11.3 Å². The summed E-state index contributed by atoms with van der Waals surface area (Å²) in [6.45, 7) is 1.01. The fourth-order valence-electron chi connectivity index (χ4n) is 3.79. The number of methoxy groups -OCH3 is 1. The number of hydrogen-bond acceptors (Lipinski definition) is 8. The third-order valence-corrected chi connectivity index (χ3v) is 5.74. The lowest BCUT2D eigenvalue weighted by Gasteiger charge is -2.33. The minimum absolute atomic E-state index is 0.0195. The van der Waals surface area contributed by atoms with E-state index in [9.17, 15) is 24.5 Å². The van der Waals surface area contributed by atoms with E-state index in [1.807, 2.05) is 23.1 Å². The Morgan fingerprint density at radius 1 is 1.11 bits per heavy atom. The molecule has 1 aliphatic rings. The Bertz CT molecular complexity index is 1040. The summed E-state index contributed by atoms with van der Waals surface area (Å²) in [4.78, 5) is 49.5. The van der Waals surface area contributed by atoms with Crippen LogP contribution >= 0.6 is 0 Å². The van der Waals surface area contributed by atoms with E-state index in [4.69, 9.17) is 9.47 Å². The first kappa shape index (κ1) is 25.5. The van der Waals surface area contributed by atoms with Gasteiger partial charge in [-0.05, 0) is 24.5 Å². The van der Waals surface area contributed by atoms with E-state index in [2.05, 4.69) is 10.6 Å². The molecule has 0 unspecified atom stereocenters. The number of hydrogen-bond donors (Lipinski definition) is 2. The molecule has 0 aliphatic carbocycles. The summed E-state index contributed by atoms with van der Waals surface area (Å²) < 4.78 is 9.86. The molecule has 1 fully saturated rings. The molecule has 1 saturated heterocycles. The van der Waals surface area contributed by atoms with Crippen LogP contribution in [0.3, 0.4) is 0 Å². The van der Waals surface area contributed by atoms with Gasteiger partial charge in [0.25, 0.3) is 5.69 Å². The normalized spacial score (nSPS) is 14.5. The first-order valence-electron chi connectivity index (χ1n) is 11.2. The number of nitrogens with zero attached hydrogens (tertiary/aromatic N) is 2. The van der Waals surface area contributed by atoms with Crippen molar-refractivity contribution in [2.45, 2.75) is 25.5 Å². The van der Waals surface area contributed by atoms with E-state index in [1.54, 1.807) is 24.3 Å². The quantitative estimate of drug-likeness (QED) is 0.314. The van der Waals surface area contributed by atoms with Gasteiger partial charge in [-0.15, -0.1) is 0 Å². The largest absolute Gasteiger partial charge is 0.467 e. The Morgan fingerprint density at radius 2 is 1.83 bits per heavy atom. The Kier molecular flexibility index (Phi) is 8.99. The lowest BCUT2D eigenvalue weighted by Crippen LogP contribution is -2.50. The average molecular weight is 485 g/mol. The second-order valence-electron chi connectivity index (χ2n) is 8.07. The zero-order chi connectivity index (χ0) is 25.2. The van der Waals surface area contributed by atoms with Crippen LogP contribution in [0.25, 0.3) is 0 Å². The SMILES string of the molecule is COC(=O)[C@H](CNC(=O)C1CCN(c2cccc([N+](=O)[O-])c2)CC1)NC(=O)OCc1ccccc1. The number of alkyl carbamates (subject to hydrolysis) is 1. The molecule has 35 heavy (non-hydrogen) atoms. The van der Waals surface area contributed by atoms with Crippen molar-refractivity contribution in [3.05, 3.63) is 70.3 Å². The number of carbonyl (C=O) groups excluding carboxylic acids is 3. The van der Waals surface area contributed by atoms with Crippen LogP contribution < -0.4 is 15.5 Å². The van der Waals surface area contributed by atoms with Gasteiger partial charge in [-0.1, -0.05) is 36.4 Å². The molecule has 2 aromatic carbocycles. The zero-order valence-corrected chi connectivity index (χ0v) is 19.3. The number of benzene rings is 2. The van der Waals surface area contributed by atoms with Gasteiger partial charge < -0.3 is 25.0 Å². The number of nitrogens with one attached hydrogen (secondary N) is 2. The molecular formula is C24H28N4O7. The molecule has 186 valence electrons. The molecule has 1 aliphatic heterocycles. The number of nitro groups is 1. The predicted octanol–water partition coefficient (Wildman–Crippen LogP) is 2.40. The molecule has 2 N–H and O–H groups in total. The highest BCUT2D eigenvalue weighted by atomic mass is 16.6. The zero-order valence-electron chi connectivity index (χ0n) is 19.3. The number of anilines is 1. The fraction of sp³-hybridized carbons (Fsp3) is 0.375. The molecule has 11 heteroatoms. The Balaban J connectivity index is 1.47. The van der Waals surface area contributed by atoms with Gasteiger partial charge in [0, 0.05) is 43.4 Å². The Labute approximate surface area is 202 Å². The molecule has 1 heterocycles. The van der Waals surface area contributed by atoms with Gasteiger partial charge in [0.15, 0.2) is 0 Å². The van der Waals surface area contributed by atoms with Gasteiger partial charge in [-0.2, -0.15) is 0 Å². The van der Waals surface area contributed by atoms with Crippen molar-refractivity contribution in [2.24, 2.45) is 5.92 Å². The maximum Gasteiger partial charge on any atom is 0.408 e. The van der Waals surface area contributed by atoms with Crippen LogP contribution in [-0.2, 0) is 25.7 Å². The second-order valence-corrected chi connectivity index (χ2v) is 8.07. The van der Waals surface area contributed by atoms with Crippen LogP contribution in [0.1, 0.15) is 18.4 Å². The van der Waals surface area contributed by atoms with Crippen LogP contribution in [0.5, 0.6) is 0 Å². The maximum absolute atomic E-state index is 12.7.